The summed E-state index contributed by atoms with van der Waals surface area (Å²) in [5.74, 6) is 0.0744. The Morgan fingerprint density at radius 1 is 1.21 bits per heavy atom. The molecule has 0 radical (unpaired) electrons. The van der Waals surface area contributed by atoms with E-state index in [1.54, 1.807) is 12.1 Å². The lowest BCUT2D eigenvalue weighted by atomic mass is 9.88. The summed E-state index contributed by atoms with van der Waals surface area (Å²) >= 11 is 17.0. The van der Waals surface area contributed by atoms with Crippen LogP contribution >= 0.6 is 47.8 Å². The summed E-state index contributed by atoms with van der Waals surface area (Å²) in [6.45, 7) is 2.31. The molecule has 1 heterocycles. The van der Waals surface area contributed by atoms with Crippen LogP contribution in [0.4, 0.5) is 5.69 Å². The van der Waals surface area contributed by atoms with Crippen molar-refractivity contribution in [3.8, 4) is 0 Å². The van der Waals surface area contributed by atoms with Crippen LogP contribution in [-0.2, 0) is 11.2 Å². The fourth-order valence-electron chi connectivity index (χ4n) is 4.39. The lowest BCUT2D eigenvalue weighted by Gasteiger charge is -2.42. The van der Waals surface area contributed by atoms with Crippen molar-refractivity contribution in [3.05, 3.63) is 27.7 Å². The minimum absolute atomic E-state index is 0. The van der Waals surface area contributed by atoms with Gasteiger partial charge in [-0.05, 0) is 68.7 Å². The van der Waals surface area contributed by atoms with Crippen LogP contribution in [0.3, 0.4) is 0 Å². The zero-order valence-electron chi connectivity index (χ0n) is 16.0. The molecule has 8 heteroatoms. The highest BCUT2D eigenvalue weighted by Crippen LogP contribution is 2.33. The van der Waals surface area contributed by atoms with E-state index in [-0.39, 0.29) is 30.8 Å². The summed E-state index contributed by atoms with van der Waals surface area (Å²) in [4.78, 5) is 21.6. The molecule has 1 aromatic rings. The average Bonchev–Trinajstić information content (AvgIpc) is 3.20. The maximum absolute atomic E-state index is 13.1. The summed E-state index contributed by atoms with van der Waals surface area (Å²) in [5, 5.41) is 3.17. The molecule has 2 atom stereocenters. The van der Waals surface area contributed by atoms with Crippen molar-refractivity contribution in [1.29, 1.82) is 0 Å². The van der Waals surface area contributed by atoms with Crippen molar-refractivity contribution in [1.82, 2.24) is 9.80 Å². The van der Waals surface area contributed by atoms with Gasteiger partial charge in [0.15, 0.2) is 0 Å². The molecule has 3 rings (SSSR count). The van der Waals surface area contributed by atoms with Gasteiger partial charge in [-0.25, -0.2) is 0 Å². The van der Waals surface area contributed by atoms with Crippen LogP contribution < -0.4 is 0 Å². The number of hydrogen-bond acceptors (Lipinski definition) is 4. The van der Waals surface area contributed by atoms with Crippen molar-refractivity contribution in [2.24, 2.45) is 4.99 Å². The SMILES string of the molecule is CN(C(=O)Cc1cc(Cl)c(Cl)cc1N=C=S)[C@H]1CCCC[C@@H]1N1CCCC1.Cl. The molecule has 1 aliphatic carbocycles. The largest absolute Gasteiger partial charge is 0.341 e. The molecule has 0 spiro atoms. The molecule has 154 valence electrons. The highest BCUT2D eigenvalue weighted by molar-refractivity contribution is 7.78. The number of aliphatic imine (C=N–C) groups is 1. The molecule has 0 bridgehead atoms. The van der Waals surface area contributed by atoms with E-state index in [2.05, 4.69) is 15.1 Å². The topological polar surface area (TPSA) is 35.9 Å². The molecular weight excluding hydrogens is 437 g/mol. The predicted molar refractivity (Wildman–Crippen MR) is 122 cm³/mol. The Kier molecular flexibility index (Phi) is 9.20. The quantitative estimate of drug-likeness (QED) is 0.425. The number of thiocarbonyl (C=S) groups is 1. The van der Waals surface area contributed by atoms with E-state index in [9.17, 15) is 4.79 Å². The van der Waals surface area contributed by atoms with Crippen molar-refractivity contribution < 1.29 is 4.79 Å². The fourth-order valence-corrected chi connectivity index (χ4v) is 4.83. The first-order valence-electron chi connectivity index (χ1n) is 9.56. The number of isothiocyanates is 1. The van der Waals surface area contributed by atoms with Crippen LogP contribution in [0.15, 0.2) is 17.1 Å². The lowest BCUT2D eigenvalue weighted by Crippen LogP contribution is -2.53. The van der Waals surface area contributed by atoms with Gasteiger partial charge in [0.2, 0.25) is 5.91 Å². The van der Waals surface area contributed by atoms with Crippen LogP contribution in [0.25, 0.3) is 0 Å². The number of nitrogens with zero attached hydrogens (tertiary/aromatic N) is 3. The van der Waals surface area contributed by atoms with Crippen LogP contribution in [0.2, 0.25) is 10.0 Å². The van der Waals surface area contributed by atoms with Crippen molar-refractivity contribution in [3.63, 3.8) is 0 Å². The van der Waals surface area contributed by atoms with E-state index in [0.717, 1.165) is 25.1 Å². The van der Waals surface area contributed by atoms with Gasteiger partial charge in [-0.15, -0.1) is 12.4 Å². The Hall–Kier alpha value is -0.680. The van der Waals surface area contributed by atoms with Crippen molar-refractivity contribution >= 4 is 64.6 Å². The summed E-state index contributed by atoms with van der Waals surface area (Å²) in [6.07, 6.45) is 7.43. The van der Waals surface area contributed by atoms with E-state index in [1.165, 1.54) is 32.1 Å². The van der Waals surface area contributed by atoms with E-state index in [1.807, 2.05) is 11.9 Å². The smallest absolute Gasteiger partial charge is 0.227 e. The molecular formula is C20H26Cl3N3OS. The van der Waals surface area contributed by atoms with Crippen LogP contribution in [0.1, 0.15) is 44.1 Å². The van der Waals surface area contributed by atoms with Gasteiger partial charge in [0.25, 0.3) is 0 Å². The minimum Gasteiger partial charge on any atom is -0.341 e. The number of rotatable bonds is 5. The molecule has 28 heavy (non-hydrogen) atoms. The van der Waals surface area contributed by atoms with Crippen LogP contribution in [0, 0.1) is 0 Å². The zero-order chi connectivity index (χ0) is 19.4. The minimum atomic E-state index is 0. The van der Waals surface area contributed by atoms with Gasteiger partial charge in [0.1, 0.15) is 0 Å². The maximum Gasteiger partial charge on any atom is 0.227 e. The molecule has 0 aromatic heterocycles. The Morgan fingerprint density at radius 3 is 2.54 bits per heavy atom. The van der Waals surface area contributed by atoms with E-state index < -0.39 is 0 Å². The molecule has 2 aliphatic rings. The van der Waals surface area contributed by atoms with Gasteiger partial charge in [0, 0.05) is 19.1 Å². The number of amides is 1. The van der Waals surface area contributed by atoms with Gasteiger partial charge >= 0.3 is 0 Å². The van der Waals surface area contributed by atoms with Crippen molar-refractivity contribution in [2.75, 3.05) is 20.1 Å². The molecule has 1 amide bonds. The van der Waals surface area contributed by atoms with Gasteiger partial charge < -0.3 is 4.90 Å². The monoisotopic (exact) mass is 461 g/mol. The molecule has 1 saturated carbocycles. The number of likely N-dealkylation sites (N-methyl/N-ethyl adjacent to an activating group) is 1. The highest BCUT2D eigenvalue weighted by Gasteiger charge is 2.35. The number of halogens is 3. The first-order chi connectivity index (χ1) is 13.0. The first kappa shape index (κ1) is 23.6. The fraction of sp³-hybridized carbons (Fsp3) is 0.600. The highest BCUT2D eigenvalue weighted by atomic mass is 35.5. The third-order valence-electron chi connectivity index (χ3n) is 5.82. The maximum atomic E-state index is 13.1. The van der Waals surface area contributed by atoms with E-state index >= 15 is 0 Å². The molecule has 1 saturated heterocycles. The van der Waals surface area contributed by atoms with Gasteiger partial charge in [-0.3, -0.25) is 9.69 Å². The van der Waals surface area contributed by atoms with Gasteiger partial charge in [0.05, 0.1) is 27.3 Å². The second-order valence-electron chi connectivity index (χ2n) is 7.44. The first-order valence-corrected chi connectivity index (χ1v) is 10.7. The third kappa shape index (κ3) is 5.47. The zero-order valence-corrected chi connectivity index (χ0v) is 19.1. The molecule has 0 unspecified atom stereocenters. The summed E-state index contributed by atoms with van der Waals surface area (Å²) < 4.78 is 0. The molecule has 4 nitrogen and oxygen atoms in total. The number of likely N-dealkylation sites (tertiary alicyclic amines) is 1. The summed E-state index contributed by atoms with van der Waals surface area (Å²) in [7, 11) is 1.93. The summed E-state index contributed by atoms with van der Waals surface area (Å²) in [5.41, 5.74) is 1.29. The Labute approximate surface area is 188 Å². The second kappa shape index (κ2) is 10.9. The third-order valence-corrected chi connectivity index (χ3v) is 6.64. The normalized spacial score (nSPS) is 22.2. The van der Waals surface area contributed by atoms with Crippen molar-refractivity contribution in [2.45, 2.75) is 57.0 Å². The molecule has 1 aliphatic heterocycles. The number of hydrogen-bond donors (Lipinski definition) is 0. The average molecular weight is 463 g/mol. The number of carbonyl (C=O) groups is 1. The standard InChI is InChI=1S/C20H25Cl2N3OS.ClH/c1-24(18-6-2-3-7-19(18)25-8-4-5-9-25)20(26)11-14-10-15(21)16(22)12-17(14)23-13-27;/h10,12,18-19H,2-9,11H2,1H3;1H/t18-,19-;/m0./s1. The number of benzene rings is 1. The van der Waals surface area contributed by atoms with Gasteiger partial charge in [-0.2, -0.15) is 4.99 Å². The van der Waals surface area contributed by atoms with E-state index in [0.29, 0.717) is 21.8 Å². The molecule has 2 fully saturated rings. The summed E-state index contributed by atoms with van der Waals surface area (Å²) in [6, 6.07) is 4.09. The lowest BCUT2D eigenvalue weighted by molar-refractivity contribution is -0.133. The van der Waals surface area contributed by atoms with Gasteiger partial charge in [-0.1, -0.05) is 36.0 Å². The van der Waals surface area contributed by atoms with E-state index in [4.69, 9.17) is 35.4 Å². The predicted octanol–water partition coefficient (Wildman–Crippen LogP) is 5.56. The Bertz CT molecular complexity index is 748. The number of carbonyl (C=O) groups excluding carboxylic acids is 1. The molecule has 0 N–H and O–H groups in total. The second-order valence-corrected chi connectivity index (χ2v) is 8.44. The van der Waals surface area contributed by atoms with Crippen LogP contribution in [-0.4, -0.2) is 53.1 Å². The Morgan fingerprint density at radius 2 is 1.86 bits per heavy atom. The Balaban J connectivity index is 0.00000280. The molecule has 1 aromatic carbocycles. The van der Waals surface area contributed by atoms with Crippen LogP contribution in [0.5, 0.6) is 0 Å².